The van der Waals surface area contributed by atoms with Crippen molar-refractivity contribution in [2.75, 3.05) is 7.05 Å². The number of hydrogen-bond donors (Lipinski definition) is 1. The molecule has 1 aromatic rings. The van der Waals surface area contributed by atoms with E-state index in [1.165, 1.54) is 0 Å². The van der Waals surface area contributed by atoms with E-state index >= 15 is 0 Å². The summed E-state index contributed by atoms with van der Waals surface area (Å²) in [7, 11) is 1.98. The molecule has 0 bridgehead atoms. The van der Waals surface area contributed by atoms with Gasteiger partial charge in [-0.1, -0.05) is 44.2 Å². The molecule has 1 heterocycles. The number of hydrazine groups is 1. The topological polar surface area (TPSA) is 27.6 Å². The van der Waals surface area contributed by atoms with Crippen LogP contribution in [0.5, 0.6) is 0 Å². The molecule has 1 aromatic carbocycles. The van der Waals surface area contributed by atoms with E-state index in [0.29, 0.717) is 5.92 Å². The number of nitrogens with one attached hydrogen (secondary N) is 1. The molecule has 0 amide bonds. The molecule has 16 heavy (non-hydrogen) atoms. The Kier molecular flexibility index (Phi) is 3.15. The van der Waals surface area contributed by atoms with Crippen molar-refractivity contribution in [3.63, 3.8) is 0 Å². The van der Waals surface area contributed by atoms with E-state index in [1.54, 1.807) is 0 Å². The number of amidine groups is 1. The average Bonchev–Trinajstić information content (AvgIpc) is 2.58. The van der Waals surface area contributed by atoms with Gasteiger partial charge >= 0.3 is 0 Å². The molecule has 3 nitrogen and oxygen atoms in total. The second kappa shape index (κ2) is 4.28. The van der Waals surface area contributed by atoms with Crippen molar-refractivity contribution in [2.45, 2.75) is 13.8 Å². The lowest BCUT2D eigenvalue weighted by atomic mass is 10.2. The molecule has 1 unspecified atom stereocenters. The zero-order valence-corrected chi connectivity index (χ0v) is 11.4. The van der Waals surface area contributed by atoms with Gasteiger partial charge in [-0.15, -0.1) is 0 Å². The van der Waals surface area contributed by atoms with Crippen molar-refractivity contribution >= 4 is 29.3 Å². The second-order valence-corrected chi connectivity index (χ2v) is 8.09. The minimum atomic E-state index is -1.98. The Bertz CT molecular complexity index is 456. The van der Waals surface area contributed by atoms with Crippen LogP contribution in [0.2, 0.25) is 0 Å². The van der Waals surface area contributed by atoms with Crippen molar-refractivity contribution in [2.24, 2.45) is 10.7 Å². The molecular formula is C11H16N3PS. The maximum absolute atomic E-state index is 5.74. The van der Waals surface area contributed by atoms with Crippen LogP contribution in [-0.4, -0.2) is 17.7 Å². The van der Waals surface area contributed by atoms with Gasteiger partial charge in [0.1, 0.15) is 5.84 Å². The van der Waals surface area contributed by atoms with Gasteiger partial charge in [-0.3, -0.25) is 0 Å². The van der Waals surface area contributed by atoms with Gasteiger partial charge < -0.3 is 5.43 Å². The molecular weight excluding hydrogens is 237 g/mol. The molecule has 0 aliphatic carbocycles. The zero-order chi connectivity index (χ0) is 11.8. The molecule has 1 atom stereocenters. The summed E-state index contributed by atoms with van der Waals surface area (Å²) in [5.41, 5.74) is 3.27. The van der Waals surface area contributed by atoms with Gasteiger partial charge in [-0.05, 0) is 11.8 Å². The fourth-order valence-electron chi connectivity index (χ4n) is 1.57. The smallest absolute Gasteiger partial charge is 0.167 e. The predicted molar refractivity (Wildman–Crippen MR) is 73.5 cm³/mol. The van der Waals surface area contributed by atoms with Crippen LogP contribution in [0.25, 0.3) is 0 Å². The lowest BCUT2D eigenvalue weighted by Gasteiger charge is -2.21. The lowest BCUT2D eigenvalue weighted by molar-refractivity contribution is 0.503. The van der Waals surface area contributed by atoms with E-state index < -0.39 is 6.34 Å². The first-order valence-corrected chi connectivity index (χ1v) is 8.01. The average molecular weight is 253 g/mol. The Labute approximate surface area is 102 Å². The zero-order valence-electron chi connectivity index (χ0n) is 9.71. The van der Waals surface area contributed by atoms with E-state index in [-0.39, 0.29) is 0 Å². The maximum Gasteiger partial charge on any atom is 0.167 e. The van der Waals surface area contributed by atoms with Gasteiger partial charge in [0.25, 0.3) is 0 Å². The molecule has 0 aromatic heterocycles. The summed E-state index contributed by atoms with van der Waals surface area (Å²) in [6, 6.07) is 10.2. The highest BCUT2D eigenvalue weighted by atomic mass is 32.4. The third-order valence-electron chi connectivity index (χ3n) is 2.57. The summed E-state index contributed by atoms with van der Waals surface area (Å²) in [5.74, 6) is 1.38. The van der Waals surface area contributed by atoms with Crippen molar-refractivity contribution in [3.8, 4) is 0 Å². The predicted octanol–water partition coefficient (Wildman–Crippen LogP) is 2.13. The molecule has 0 radical (unpaired) electrons. The van der Waals surface area contributed by atoms with E-state index in [2.05, 4.69) is 31.4 Å². The SMILES string of the molecule is CC(C)C1=NP(=S)(c2ccccc2)N(C)N1. The minimum Gasteiger partial charge on any atom is -0.301 e. The van der Waals surface area contributed by atoms with Crippen LogP contribution < -0.4 is 10.7 Å². The monoisotopic (exact) mass is 253 g/mol. The van der Waals surface area contributed by atoms with Crippen LogP contribution in [0.15, 0.2) is 35.1 Å². The molecule has 1 N–H and O–H groups in total. The van der Waals surface area contributed by atoms with Gasteiger partial charge in [0.2, 0.25) is 0 Å². The summed E-state index contributed by atoms with van der Waals surface area (Å²) >= 11 is 5.74. The highest BCUT2D eigenvalue weighted by Gasteiger charge is 2.32. The normalized spacial score (nSPS) is 25.6. The largest absolute Gasteiger partial charge is 0.301 e. The summed E-state index contributed by atoms with van der Waals surface area (Å²) < 4.78 is 6.72. The molecule has 2 rings (SSSR count). The Hall–Kier alpha value is -0.700. The van der Waals surface area contributed by atoms with Crippen LogP contribution in [0.4, 0.5) is 0 Å². The van der Waals surface area contributed by atoms with Crippen LogP contribution in [0, 0.1) is 5.92 Å². The summed E-state index contributed by atoms with van der Waals surface area (Å²) in [6.45, 7) is 4.24. The third-order valence-corrected chi connectivity index (χ3v) is 6.55. The summed E-state index contributed by atoms with van der Waals surface area (Å²) in [6.07, 6.45) is -1.98. The van der Waals surface area contributed by atoms with Crippen molar-refractivity contribution in [1.29, 1.82) is 0 Å². The van der Waals surface area contributed by atoms with Crippen LogP contribution >= 0.6 is 6.34 Å². The van der Waals surface area contributed by atoms with Gasteiger partial charge in [-0.2, -0.15) is 4.78 Å². The van der Waals surface area contributed by atoms with Crippen LogP contribution in [-0.2, 0) is 11.8 Å². The van der Waals surface area contributed by atoms with Crippen LogP contribution in [0.3, 0.4) is 0 Å². The minimum absolute atomic E-state index is 0.385. The van der Waals surface area contributed by atoms with Crippen LogP contribution in [0.1, 0.15) is 13.8 Å². The molecule has 1 aliphatic heterocycles. The van der Waals surface area contributed by atoms with Crippen molar-refractivity contribution in [3.05, 3.63) is 30.3 Å². The summed E-state index contributed by atoms with van der Waals surface area (Å²) in [5, 5.41) is 1.13. The Morgan fingerprint density at radius 1 is 1.31 bits per heavy atom. The first-order chi connectivity index (χ1) is 7.54. The molecule has 0 fully saturated rings. The van der Waals surface area contributed by atoms with E-state index in [9.17, 15) is 0 Å². The maximum atomic E-state index is 5.74. The van der Waals surface area contributed by atoms with Gasteiger partial charge in [0.05, 0.1) is 0 Å². The second-order valence-electron chi connectivity index (χ2n) is 4.15. The number of nitrogens with zero attached hydrogens (tertiary/aromatic N) is 2. The third kappa shape index (κ3) is 1.93. The molecule has 5 heteroatoms. The fraction of sp³-hybridized carbons (Fsp3) is 0.364. The highest BCUT2D eigenvalue weighted by molar-refractivity contribution is 8.16. The van der Waals surface area contributed by atoms with E-state index in [0.717, 1.165) is 11.1 Å². The quantitative estimate of drug-likeness (QED) is 0.818. The van der Waals surface area contributed by atoms with E-state index in [4.69, 9.17) is 16.6 Å². The first-order valence-electron chi connectivity index (χ1n) is 5.30. The lowest BCUT2D eigenvalue weighted by Crippen LogP contribution is -2.34. The Morgan fingerprint density at radius 2 is 1.94 bits per heavy atom. The van der Waals surface area contributed by atoms with Crippen molar-refractivity contribution in [1.82, 2.24) is 10.2 Å². The number of hydrogen-bond acceptors (Lipinski definition) is 2. The number of rotatable bonds is 2. The standard InChI is InChI=1S/C11H16N3PS/c1-9(2)11-12-14(3)15(16,13-11)10-7-5-4-6-8-10/h4-9H,1-3H3,(H,12,13,16). The first kappa shape index (κ1) is 11.8. The Balaban J connectivity index is 2.43. The van der Waals surface area contributed by atoms with E-state index in [1.807, 2.05) is 30.0 Å². The van der Waals surface area contributed by atoms with Gasteiger partial charge in [0.15, 0.2) is 6.34 Å². The fourth-order valence-corrected chi connectivity index (χ4v) is 4.28. The highest BCUT2D eigenvalue weighted by Crippen LogP contribution is 2.51. The molecule has 86 valence electrons. The number of benzene rings is 1. The molecule has 1 aliphatic rings. The molecule has 0 saturated carbocycles. The molecule has 0 saturated heterocycles. The van der Waals surface area contributed by atoms with Gasteiger partial charge in [0, 0.05) is 18.3 Å². The summed E-state index contributed by atoms with van der Waals surface area (Å²) in [4.78, 5) is 0. The van der Waals surface area contributed by atoms with Gasteiger partial charge in [-0.25, -0.2) is 4.76 Å². The van der Waals surface area contributed by atoms with Crippen molar-refractivity contribution < 1.29 is 0 Å². The molecule has 0 spiro atoms. The Morgan fingerprint density at radius 3 is 2.44 bits per heavy atom.